The Bertz CT molecular complexity index is 3290. The molecule has 2 nitrogen and oxygen atoms in total. The van der Waals surface area contributed by atoms with Gasteiger partial charge in [0, 0.05) is 33.1 Å². The molecule has 9 aromatic rings. The van der Waals surface area contributed by atoms with Gasteiger partial charge in [0.15, 0.2) is 8.07 Å². The Morgan fingerprint density at radius 2 is 1.09 bits per heavy atom. The summed E-state index contributed by atoms with van der Waals surface area (Å²) < 4.78 is 2.67. The van der Waals surface area contributed by atoms with Crippen LogP contribution in [0.15, 0.2) is 152 Å². The van der Waals surface area contributed by atoms with Gasteiger partial charge in [-0.15, -0.1) is 0 Å². The molecule has 0 fully saturated rings. The molecular weight excluding hydrogens is 716 g/mol. The van der Waals surface area contributed by atoms with Crippen LogP contribution in [0.1, 0.15) is 52.7 Å². The van der Waals surface area contributed by atoms with Gasteiger partial charge in [0.2, 0.25) is 0 Å². The predicted octanol–water partition coefficient (Wildman–Crippen LogP) is 9.44. The number of aromatic nitrogens is 1. The minimum absolute atomic E-state index is 0.0219. The van der Waals surface area contributed by atoms with Crippen molar-refractivity contribution in [2.75, 3.05) is 4.81 Å². The van der Waals surface area contributed by atoms with E-state index < -0.39 is 8.07 Å². The lowest BCUT2D eigenvalue weighted by atomic mass is 9.43. The quantitative estimate of drug-likeness (QED) is 0.140. The summed E-state index contributed by atoms with van der Waals surface area (Å²) in [7, 11) is -2.74. The Balaban J connectivity index is 1.25. The molecule has 276 valence electrons. The van der Waals surface area contributed by atoms with Gasteiger partial charge < -0.3 is 9.38 Å². The van der Waals surface area contributed by atoms with Gasteiger partial charge in [-0.2, -0.15) is 0 Å². The first-order valence-electron chi connectivity index (χ1n) is 21.0. The van der Waals surface area contributed by atoms with Crippen molar-refractivity contribution in [1.82, 2.24) is 4.57 Å². The van der Waals surface area contributed by atoms with E-state index >= 15 is 0 Å². The lowest BCUT2D eigenvalue weighted by Gasteiger charge is -2.50. The Morgan fingerprint density at radius 3 is 1.83 bits per heavy atom. The largest absolute Gasteiger partial charge is 0.376 e. The number of fused-ring (bicyclic) bond motifs is 18. The lowest BCUT2D eigenvalue weighted by molar-refractivity contribution is 0.590. The first-order valence-corrected chi connectivity index (χ1v) is 23.0. The smallest absolute Gasteiger partial charge is 0.333 e. The molecule has 1 aromatic heterocycles. The SMILES string of the molecule is CC(C)(C)c1ccc2c(c1)c1cc(C(C)(C)C)cc3c1n2-c1c2c(cc4ccccc14)-c1cccc4c1N(B23)c1ccccc1[Si]41c2ccccc2-c2ccccc21. The van der Waals surface area contributed by atoms with Crippen LogP contribution in [0.3, 0.4) is 0 Å². The van der Waals surface area contributed by atoms with Gasteiger partial charge in [0.1, 0.15) is 0 Å². The average molecular weight is 759 g/mol. The van der Waals surface area contributed by atoms with E-state index in [2.05, 4.69) is 203 Å². The average Bonchev–Trinajstić information content (AvgIpc) is 3.71. The van der Waals surface area contributed by atoms with Crippen LogP contribution in [0, 0.1) is 0 Å². The summed E-state index contributed by atoms with van der Waals surface area (Å²) in [6, 6.07) is 59.6. The minimum Gasteiger partial charge on any atom is -0.376 e. The first kappa shape index (κ1) is 32.9. The maximum atomic E-state index is 2.81. The van der Waals surface area contributed by atoms with Crippen molar-refractivity contribution in [3.63, 3.8) is 0 Å². The molecule has 1 spiro atoms. The summed E-state index contributed by atoms with van der Waals surface area (Å²) in [5.74, 6) is 0. The van der Waals surface area contributed by atoms with Gasteiger partial charge in [0.25, 0.3) is 0 Å². The molecular formula is C54H43BN2Si. The number of para-hydroxylation sites is 2. The van der Waals surface area contributed by atoms with Crippen LogP contribution in [0.4, 0.5) is 11.4 Å². The third-order valence-corrected chi connectivity index (χ3v) is 19.2. The number of hydrogen-bond donors (Lipinski definition) is 0. The van der Waals surface area contributed by atoms with Crippen LogP contribution in [0.25, 0.3) is 60.5 Å². The molecule has 0 saturated heterocycles. The Kier molecular flexibility index (Phi) is 6.07. The van der Waals surface area contributed by atoms with Crippen LogP contribution in [0.2, 0.25) is 0 Å². The summed E-state index contributed by atoms with van der Waals surface area (Å²) in [5, 5.41) is 11.3. The molecule has 0 bridgehead atoms. The standard InChI is InChI=1S/C54H43BN2Si/c1-53(2,3)33-26-27-43-39(29-33)41-30-34(54(4,5)6)31-42-50(41)56(43)52-35-17-8-7-16-32(35)28-40-38-20-15-25-48-51(38)57(55(42)49(40)52)44-21-11-14-24-47(44)58(48)45-22-12-9-18-36(45)37-19-10-13-23-46(37)58/h7-31H,1-6H3. The lowest BCUT2D eigenvalue weighted by Crippen LogP contribution is -2.78. The summed E-state index contributed by atoms with van der Waals surface area (Å²) in [6.45, 7) is 14.1. The second-order valence-electron chi connectivity index (χ2n) is 19.3. The van der Waals surface area contributed by atoms with E-state index in [1.165, 1.54) is 115 Å². The van der Waals surface area contributed by atoms with Crippen LogP contribution in [0.5, 0.6) is 0 Å². The summed E-state index contributed by atoms with van der Waals surface area (Å²) >= 11 is 0. The van der Waals surface area contributed by atoms with E-state index in [1.807, 2.05) is 0 Å². The number of rotatable bonds is 0. The second-order valence-corrected chi connectivity index (χ2v) is 22.9. The fraction of sp³-hybridized carbons (Fsp3) is 0.148. The van der Waals surface area contributed by atoms with Gasteiger partial charge in [-0.05, 0) is 106 Å². The molecule has 58 heavy (non-hydrogen) atoms. The van der Waals surface area contributed by atoms with Gasteiger partial charge in [-0.3, -0.25) is 0 Å². The van der Waals surface area contributed by atoms with Crippen LogP contribution in [-0.4, -0.2) is 19.5 Å². The molecule has 0 saturated carbocycles. The van der Waals surface area contributed by atoms with Crippen molar-refractivity contribution in [3.8, 4) is 27.9 Å². The van der Waals surface area contributed by atoms with E-state index in [1.54, 1.807) is 0 Å². The third-order valence-electron chi connectivity index (χ3n) is 14.2. The summed E-state index contributed by atoms with van der Waals surface area (Å²) in [5.41, 5.74) is 17.8. The van der Waals surface area contributed by atoms with Crippen molar-refractivity contribution < 1.29 is 0 Å². The molecule has 0 aliphatic carbocycles. The monoisotopic (exact) mass is 758 g/mol. The highest BCUT2D eigenvalue weighted by atomic mass is 28.3. The first-order chi connectivity index (χ1) is 28.1. The van der Waals surface area contributed by atoms with E-state index in [0.717, 1.165) is 0 Å². The van der Waals surface area contributed by atoms with Gasteiger partial charge in [0.05, 0.1) is 16.7 Å². The van der Waals surface area contributed by atoms with E-state index in [0.29, 0.717) is 0 Å². The van der Waals surface area contributed by atoms with Crippen molar-refractivity contribution in [3.05, 3.63) is 163 Å². The zero-order valence-electron chi connectivity index (χ0n) is 33.9. The van der Waals surface area contributed by atoms with Crippen LogP contribution < -0.4 is 36.5 Å². The summed E-state index contributed by atoms with van der Waals surface area (Å²) in [4.78, 5) is 2.81. The molecule has 4 aliphatic rings. The number of benzene rings is 8. The molecule has 0 atom stereocenters. The zero-order valence-corrected chi connectivity index (χ0v) is 34.9. The van der Waals surface area contributed by atoms with Crippen molar-refractivity contribution in [2.45, 2.75) is 52.4 Å². The highest BCUT2D eigenvalue weighted by molar-refractivity contribution is 7.24. The second kappa shape index (κ2) is 10.7. The van der Waals surface area contributed by atoms with Gasteiger partial charge in [-0.1, -0.05) is 163 Å². The Labute approximate surface area is 341 Å². The van der Waals surface area contributed by atoms with Gasteiger partial charge in [-0.25, -0.2) is 0 Å². The van der Waals surface area contributed by atoms with Crippen molar-refractivity contribution in [1.29, 1.82) is 0 Å². The van der Waals surface area contributed by atoms with Crippen LogP contribution in [-0.2, 0) is 10.8 Å². The van der Waals surface area contributed by atoms with Crippen LogP contribution >= 0.6 is 0 Å². The molecule has 13 rings (SSSR count). The molecule has 0 amide bonds. The predicted molar refractivity (Wildman–Crippen MR) is 251 cm³/mol. The Morgan fingerprint density at radius 1 is 0.466 bits per heavy atom. The maximum Gasteiger partial charge on any atom is 0.333 e. The van der Waals surface area contributed by atoms with Crippen molar-refractivity contribution >= 4 is 90.5 Å². The molecule has 4 aliphatic heterocycles. The topological polar surface area (TPSA) is 8.17 Å². The van der Waals surface area contributed by atoms with E-state index in [-0.39, 0.29) is 17.7 Å². The number of hydrogen-bond acceptors (Lipinski definition) is 1. The molecule has 5 heterocycles. The minimum atomic E-state index is -2.74. The van der Waals surface area contributed by atoms with Crippen molar-refractivity contribution in [2.24, 2.45) is 0 Å². The highest BCUT2D eigenvalue weighted by Gasteiger charge is 2.57. The molecule has 0 N–H and O–H groups in total. The molecule has 0 radical (unpaired) electrons. The molecule has 4 heteroatoms. The third kappa shape index (κ3) is 3.81. The van der Waals surface area contributed by atoms with E-state index in [4.69, 9.17) is 0 Å². The fourth-order valence-electron chi connectivity index (χ4n) is 11.7. The van der Waals surface area contributed by atoms with Gasteiger partial charge >= 0.3 is 6.85 Å². The Hall–Kier alpha value is -6.10. The normalized spacial score (nSPS) is 15.1. The molecule has 8 aromatic carbocycles. The summed E-state index contributed by atoms with van der Waals surface area (Å²) in [6.07, 6.45) is 0. The maximum absolute atomic E-state index is 2.81. The zero-order chi connectivity index (χ0) is 39.0. The van der Waals surface area contributed by atoms with E-state index in [9.17, 15) is 0 Å². The number of anilines is 2. The fourth-order valence-corrected chi connectivity index (χ4v) is 17.3. The highest BCUT2D eigenvalue weighted by Crippen LogP contribution is 2.49. The molecule has 0 unspecified atom stereocenters. The number of nitrogens with zero attached hydrogens (tertiary/aromatic N) is 2.